The van der Waals surface area contributed by atoms with Crippen molar-refractivity contribution >= 4 is 11.0 Å². The minimum absolute atomic E-state index is 0.302. The average molecular weight is 302 g/mol. The van der Waals surface area contributed by atoms with Crippen molar-refractivity contribution in [2.45, 2.75) is 0 Å². The van der Waals surface area contributed by atoms with Crippen LogP contribution in [0.5, 0.6) is 0 Å². The maximum Gasteiger partial charge on any atom is 0.336 e. The molecule has 0 spiro atoms. The molecule has 0 saturated carbocycles. The highest BCUT2D eigenvalue weighted by molar-refractivity contribution is 5.75. The van der Waals surface area contributed by atoms with Gasteiger partial charge in [-0.1, -0.05) is 30.3 Å². The summed E-state index contributed by atoms with van der Waals surface area (Å²) in [5, 5.41) is 0.951. The standard InChI is InChI=1S/C10H8N2.C9H6O2/c1-3-7-11-9(5-1)10-6-2-4-8-12-10;10-9-6-5-7-3-1-2-4-8(7)11-9/h1-8H;1-6H. The zero-order valence-corrected chi connectivity index (χ0v) is 12.3. The Morgan fingerprint density at radius 1 is 0.652 bits per heavy atom. The Morgan fingerprint density at radius 3 is 1.87 bits per heavy atom. The summed E-state index contributed by atoms with van der Waals surface area (Å²) in [6.45, 7) is 0. The molecule has 0 aliphatic carbocycles. The summed E-state index contributed by atoms with van der Waals surface area (Å²) in [4.78, 5) is 19.1. The van der Waals surface area contributed by atoms with Crippen LogP contribution >= 0.6 is 0 Å². The van der Waals surface area contributed by atoms with Crippen LogP contribution in [0.4, 0.5) is 0 Å². The molecule has 0 N–H and O–H groups in total. The van der Waals surface area contributed by atoms with Crippen molar-refractivity contribution in [2.75, 3.05) is 0 Å². The maximum atomic E-state index is 10.7. The van der Waals surface area contributed by atoms with Gasteiger partial charge >= 0.3 is 5.63 Å². The number of fused-ring (bicyclic) bond motifs is 1. The molecule has 4 rings (SSSR count). The van der Waals surface area contributed by atoms with Crippen molar-refractivity contribution in [3.63, 3.8) is 0 Å². The van der Waals surface area contributed by atoms with Gasteiger partial charge in [-0.3, -0.25) is 9.97 Å². The summed E-state index contributed by atoms with van der Waals surface area (Å²) in [7, 11) is 0. The molecule has 0 unspecified atom stereocenters. The lowest BCUT2D eigenvalue weighted by Gasteiger charge is -1.96. The fourth-order valence-electron chi connectivity index (χ4n) is 2.04. The van der Waals surface area contributed by atoms with E-state index < -0.39 is 0 Å². The van der Waals surface area contributed by atoms with Gasteiger partial charge in [0.1, 0.15) is 5.58 Å². The van der Waals surface area contributed by atoms with Gasteiger partial charge in [-0.15, -0.1) is 0 Å². The molecule has 0 atom stereocenters. The lowest BCUT2D eigenvalue weighted by atomic mass is 10.2. The highest BCUT2D eigenvalue weighted by Crippen LogP contribution is 2.11. The summed E-state index contributed by atoms with van der Waals surface area (Å²) in [6.07, 6.45) is 3.54. The first-order valence-corrected chi connectivity index (χ1v) is 7.14. The summed E-state index contributed by atoms with van der Waals surface area (Å²) < 4.78 is 4.91. The third-order valence-corrected chi connectivity index (χ3v) is 3.12. The second-order valence-corrected chi connectivity index (χ2v) is 4.72. The van der Waals surface area contributed by atoms with E-state index in [4.69, 9.17) is 4.42 Å². The molecule has 3 heterocycles. The average Bonchev–Trinajstić information content (AvgIpc) is 2.64. The van der Waals surface area contributed by atoms with Crippen molar-refractivity contribution in [3.05, 3.63) is 95.6 Å². The summed E-state index contributed by atoms with van der Waals surface area (Å²) in [6, 6.07) is 22.2. The molecule has 0 saturated heterocycles. The Kier molecular flexibility index (Phi) is 4.55. The predicted octanol–water partition coefficient (Wildman–Crippen LogP) is 3.94. The molecule has 112 valence electrons. The predicted molar refractivity (Wildman–Crippen MR) is 90.0 cm³/mol. The molecule has 4 heteroatoms. The minimum atomic E-state index is -0.302. The Bertz CT molecular complexity index is 898. The van der Waals surface area contributed by atoms with Crippen molar-refractivity contribution in [1.82, 2.24) is 9.97 Å². The number of hydrogen-bond donors (Lipinski definition) is 0. The molecule has 0 amide bonds. The van der Waals surface area contributed by atoms with Crippen molar-refractivity contribution in [2.24, 2.45) is 0 Å². The van der Waals surface area contributed by atoms with E-state index in [1.807, 2.05) is 54.6 Å². The van der Waals surface area contributed by atoms with Crippen molar-refractivity contribution in [1.29, 1.82) is 0 Å². The number of rotatable bonds is 1. The van der Waals surface area contributed by atoms with Gasteiger partial charge in [0, 0.05) is 23.8 Å². The maximum absolute atomic E-state index is 10.7. The van der Waals surface area contributed by atoms with Crippen LogP contribution in [0, 0.1) is 0 Å². The lowest BCUT2D eigenvalue weighted by molar-refractivity contribution is 0.561. The zero-order chi connectivity index (χ0) is 15.9. The summed E-state index contributed by atoms with van der Waals surface area (Å²) in [5.41, 5.74) is 2.17. The SMILES string of the molecule is O=c1ccc2ccccc2o1.c1ccc(-c2ccccn2)nc1. The molecular formula is C19H14N2O2. The van der Waals surface area contributed by atoms with E-state index in [0.29, 0.717) is 5.58 Å². The molecule has 0 bridgehead atoms. The van der Waals surface area contributed by atoms with Crippen LogP contribution in [0.2, 0.25) is 0 Å². The molecule has 4 aromatic rings. The van der Waals surface area contributed by atoms with E-state index in [2.05, 4.69) is 9.97 Å². The Morgan fingerprint density at radius 2 is 1.26 bits per heavy atom. The molecule has 0 aliphatic heterocycles. The minimum Gasteiger partial charge on any atom is -0.423 e. The van der Waals surface area contributed by atoms with Gasteiger partial charge in [0.15, 0.2) is 0 Å². The van der Waals surface area contributed by atoms with Crippen molar-refractivity contribution in [3.8, 4) is 11.4 Å². The fourth-order valence-corrected chi connectivity index (χ4v) is 2.04. The van der Waals surface area contributed by atoms with Gasteiger partial charge in [0.2, 0.25) is 0 Å². The number of nitrogens with zero attached hydrogens (tertiary/aromatic N) is 2. The first-order chi connectivity index (χ1) is 11.3. The molecule has 0 fully saturated rings. The van der Waals surface area contributed by atoms with E-state index in [1.165, 1.54) is 6.07 Å². The number of aromatic nitrogens is 2. The zero-order valence-electron chi connectivity index (χ0n) is 12.3. The van der Waals surface area contributed by atoms with E-state index >= 15 is 0 Å². The molecule has 4 nitrogen and oxygen atoms in total. The number of benzene rings is 1. The largest absolute Gasteiger partial charge is 0.423 e. The van der Waals surface area contributed by atoms with Gasteiger partial charge in [-0.05, 0) is 36.4 Å². The highest BCUT2D eigenvalue weighted by Gasteiger charge is 1.95. The Hall–Kier alpha value is -3.27. The Balaban J connectivity index is 0.000000136. The first kappa shape index (κ1) is 14.7. The van der Waals surface area contributed by atoms with Crippen LogP contribution in [0.25, 0.3) is 22.4 Å². The third kappa shape index (κ3) is 3.89. The van der Waals surface area contributed by atoms with Gasteiger partial charge in [0.05, 0.1) is 11.4 Å². The number of hydrogen-bond acceptors (Lipinski definition) is 4. The molecular weight excluding hydrogens is 288 g/mol. The summed E-state index contributed by atoms with van der Waals surface area (Å²) in [5.74, 6) is 0. The van der Waals surface area contributed by atoms with Crippen LogP contribution < -0.4 is 5.63 Å². The molecule has 0 radical (unpaired) electrons. The van der Waals surface area contributed by atoms with Crippen LogP contribution in [0.15, 0.2) is 94.4 Å². The molecule has 3 aromatic heterocycles. The second-order valence-electron chi connectivity index (χ2n) is 4.72. The van der Waals surface area contributed by atoms with Crippen LogP contribution in [-0.2, 0) is 0 Å². The van der Waals surface area contributed by atoms with Gasteiger partial charge in [-0.2, -0.15) is 0 Å². The highest BCUT2D eigenvalue weighted by atomic mass is 16.4. The van der Waals surface area contributed by atoms with Crippen LogP contribution in [0.1, 0.15) is 0 Å². The normalized spacial score (nSPS) is 9.91. The van der Waals surface area contributed by atoms with Crippen LogP contribution in [-0.4, -0.2) is 9.97 Å². The van der Waals surface area contributed by atoms with Gasteiger partial charge < -0.3 is 4.42 Å². The fraction of sp³-hybridized carbons (Fsp3) is 0. The van der Waals surface area contributed by atoms with Crippen LogP contribution in [0.3, 0.4) is 0 Å². The van der Waals surface area contributed by atoms with E-state index in [1.54, 1.807) is 24.5 Å². The van der Waals surface area contributed by atoms with Gasteiger partial charge in [0.25, 0.3) is 0 Å². The summed E-state index contributed by atoms with van der Waals surface area (Å²) >= 11 is 0. The number of para-hydroxylation sites is 1. The molecule has 0 aliphatic rings. The third-order valence-electron chi connectivity index (χ3n) is 3.12. The van der Waals surface area contributed by atoms with Crippen molar-refractivity contribution < 1.29 is 4.42 Å². The van der Waals surface area contributed by atoms with E-state index in [0.717, 1.165) is 16.8 Å². The second kappa shape index (κ2) is 7.13. The first-order valence-electron chi connectivity index (χ1n) is 7.14. The molecule has 1 aromatic carbocycles. The topological polar surface area (TPSA) is 56.0 Å². The monoisotopic (exact) mass is 302 g/mol. The van der Waals surface area contributed by atoms with E-state index in [9.17, 15) is 4.79 Å². The van der Waals surface area contributed by atoms with Gasteiger partial charge in [-0.25, -0.2) is 4.79 Å². The Labute approximate surface area is 133 Å². The van der Waals surface area contributed by atoms with E-state index in [-0.39, 0.29) is 5.63 Å². The smallest absolute Gasteiger partial charge is 0.336 e. The quantitative estimate of drug-likeness (QED) is 0.500. The molecule has 23 heavy (non-hydrogen) atoms. The number of pyridine rings is 2. The lowest BCUT2D eigenvalue weighted by Crippen LogP contribution is -1.93.